The summed E-state index contributed by atoms with van der Waals surface area (Å²) in [7, 11) is 3.39. The molecule has 0 fully saturated rings. The molecule has 0 saturated heterocycles. The Morgan fingerprint density at radius 1 is 1.07 bits per heavy atom. The second-order valence-corrected chi connectivity index (χ2v) is 7.94. The van der Waals surface area contributed by atoms with Crippen molar-refractivity contribution in [1.82, 2.24) is 4.90 Å². The van der Waals surface area contributed by atoms with Gasteiger partial charge < -0.3 is 19.7 Å². The molecule has 0 saturated carbocycles. The van der Waals surface area contributed by atoms with E-state index in [-0.39, 0.29) is 16.9 Å². The average Bonchev–Trinajstić information content (AvgIpc) is 2.67. The molecule has 27 heavy (non-hydrogen) atoms. The first kappa shape index (κ1) is 19.4. The summed E-state index contributed by atoms with van der Waals surface area (Å²) in [5.41, 5.74) is 0.630. The molecule has 142 valence electrons. The fourth-order valence-electron chi connectivity index (χ4n) is 2.29. The first-order valence-corrected chi connectivity index (χ1v) is 10.1. The van der Waals surface area contributed by atoms with E-state index in [1.54, 1.807) is 20.2 Å². The van der Waals surface area contributed by atoms with Crippen molar-refractivity contribution in [3.63, 3.8) is 0 Å². The number of nitrogens with zero attached hydrogens (tertiary/aromatic N) is 1. The highest BCUT2D eigenvalue weighted by Crippen LogP contribution is 2.34. The number of anilines is 1. The van der Waals surface area contributed by atoms with Crippen molar-refractivity contribution in [2.24, 2.45) is 0 Å². The molecule has 0 unspecified atom stereocenters. The predicted octanol–water partition coefficient (Wildman–Crippen LogP) is 3.96. The van der Waals surface area contributed by atoms with E-state index < -0.39 is 0 Å². The van der Waals surface area contributed by atoms with Crippen LogP contribution in [0.3, 0.4) is 0 Å². The molecule has 2 amide bonds. The molecule has 0 aromatic heterocycles. The average molecular weight is 405 g/mol. The van der Waals surface area contributed by atoms with Crippen LogP contribution in [-0.4, -0.2) is 49.1 Å². The molecule has 0 radical (unpaired) electrons. The number of ether oxygens (including phenoxy) is 2. The fraction of sp³-hybridized carbons (Fsp3) is 0.263. The van der Waals surface area contributed by atoms with Crippen LogP contribution in [0.2, 0.25) is 0 Å². The first-order chi connectivity index (χ1) is 13.0. The minimum Gasteiger partial charge on any atom is -0.486 e. The number of carbonyl (C=O) groups excluding carboxylic acids is 2. The highest BCUT2D eigenvalue weighted by atomic mass is 32.2. The van der Waals surface area contributed by atoms with E-state index in [1.807, 2.05) is 36.4 Å². The Morgan fingerprint density at radius 2 is 1.81 bits per heavy atom. The van der Waals surface area contributed by atoms with E-state index in [0.717, 1.165) is 22.4 Å². The van der Waals surface area contributed by atoms with Crippen LogP contribution < -0.4 is 14.8 Å². The second kappa shape index (κ2) is 9.05. The van der Waals surface area contributed by atoms with Gasteiger partial charge in [-0.2, -0.15) is 0 Å². The third kappa shape index (κ3) is 5.33. The van der Waals surface area contributed by atoms with Crippen molar-refractivity contribution in [1.29, 1.82) is 0 Å². The number of fused-ring (bicyclic) bond motifs is 1. The van der Waals surface area contributed by atoms with Gasteiger partial charge in [-0.25, -0.2) is 0 Å². The predicted molar refractivity (Wildman–Crippen MR) is 108 cm³/mol. The summed E-state index contributed by atoms with van der Waals surface area (Å²) >= 11 is 2.50. The summed E-state index contributed by atoms with van der Waals surface area (Å²) in [6.45, 7) is 1.08. The van der Waals surface area contributed by atoms with Gasteiger partial charge in [0.15, 0.2) is 11.5 Å². The van der Waals surface area contributed by atoms with E-state index in [9.17, 15) is 9.59 Å². The number of hydrogen-bond acceptors (Lipinski definition) is 6. The van der Waals surface area contributed by atoms with Gasteiger partial charge in [-0.15, -0.1) is 11.8 Å². The highest BCUT2D eigenvalue weighted by molar-refractivity contribution is 8.13. The largest absolute Gasteiger partial charge is 0.486 e. The van der Waals surface area contributed by atoms with Crippen LogP contribution >= 0.6 is 23.5 Å². The maximum absolute atomic E-state index is 12.4. The number of para-hydroxylation sites is 1. The molecular weight excluding hydrogens is 384 g/mol. The van der Waals surface area contributed by atoms with Gasteiger partial charge in [-0.3, -0.25) is 9.59 Å². The number of thioether (sulfide) groups is 2. The molecule has 1 aliphatic rings. The van der Waals surface area contributed by atoms with Crippen LogP contribution in [0, 0.1) is 0 Å². The second-order valence-electron chi connectivity index (χ2n) is 5.90. The number of benzene rings is 2. The SMILES string of the molecule is CN(C)C(=O)Sc1ccccc1NC(=O)CSc1ccc2c(c1)OCCO2. The fourth-order valence-corrected chi connectivity index (χ4v) is 3.76. The van der Waals surface area contributed by atoms with Gasteiger partial charge in [0.25, 0.3) is 5.24 Å². The molecule has 1 aliphatic heterocycles. The smallest absolute Gasteiger partial charge is 0.286 e. The van der Waals surface area contributed by atoms with Gasteiger partial charge in [0.1, 0.15) is 13.2 Å². The Bertz CT molecular complexity index is 842. The molecule has 0 atom stereocenters. The molecule has 0 bridgehead atoms. The summed E-state index contributed by atoms with van der Waals surface area (Å²) in [6, 6.07) is 12.9. The zero-order valence-corrected chi connectivity index (χ0v) is 16.7. The Kier molecular flexibility index (Phi) is 6.52. The quantitative estimate of drug-likeness (QED) is 0.761. The normalized spacial score (nSPS) is 12.4. The molecule has 8 heteroatoms. The van der Waals surface area contributed by atoms with Crippen LogP contribution in [0.5, 0.6) is 11.5 Å². The summed E-state index contributed by atoms with van der Waals surface area (Å²) in [4.78, 5) is 27.4. The van der Waals surface area contributed by atoms with Crippen molar-refractivity contribution in [3.8, 4) is 11.5 Å². The summed E-state index contributed by atoms with van der Waals surface area (Å²) < 4.78 is 11.1. The molecule has 0 spiro atoms. The lowest BCUT2D eigenvalue weighted by Crippen LogP contribution is -2.17. The van der Waals surface area contributed by atoms with E-state index in [4.69, 9.17) is 9.47 Å². The molecule has 2 aromatic carbocycles. The molecule has 3 rings (SSSR count). The van der Waals surface area contributed by atoms with E-state index in [2.05, 4.69) is 5.32 Å². The molecule has 1 heterocycles. The van der Waals surface area contributed by atoms with E-state index in [0.29, 0.717) is 29.5 Å². The van der Waals surface area contributed by atoms with Crippen LogP contribution in [-0.2, 0) is 4.79 Å². The maximum Gasteiger partial charge on any atom is 0.286 e. The Hall–Kier alpha value is -2.32. The number of rotatable bonds is 5. The van der Waals surface area contributed by atoms with Crippen LogP contribution in [0.25, 0.3) is 0 Å². The maximum atomic E-state index is 12.4. The Labute approximate surface area is 166 Å². The molecule has 0 aliphatic carbocycles. The van der Waals surface area contributed by atoms with E-state index >= 15 is 0 Å². The topological polar surface area (TPSA) is 67.9 Å². The molecule has 1 N–H and O–H groups in total. The molecule has 6 nitrogen and oxygen atoms in total. The summed E-state index contributed by atoms with van der Waals surface area (Å²) in [5, 5.41) is 2.79. The van der Waals surface area contributed by atoms with Gasteiger partial charge >= 0.3 is 0 Å². The van der Waals surface area contributed by atoms with Crippen LogP contribution in [0.1, 0.15) is 0 Å². The lowest BCUT2D eigenvalue weighted by Gasteiger charge is -2.18. The van der Waals surface area contributed by atoms with Gasteiger partial charge in [0.05, 0.1) is 11.4 Å². The highest BCUT2D eigenvalue weighted by Gasteiger charge is 2.14. The van der Waals surface area contributed by atoms with Crippen LogP contribution in [0.15, 0.2) is 52.3 Å². The Balaban J connectivity index is 1.59. The monoisotopic (exact) mass is 404 g/mol. The lowest BCUT2D eigenvalue weighted by molar-refractivity contribution is -0.113. The van der Waals surface area contributed by atoms with Crippen molar-refractivity contribution >= 4 is 40.4 Å². The number of carbonyl (C=O) groups is 2. The zero-order chi connectivity index (χ0) is 19.2. The van der Waals surface area contributed by atoms with Crippen molar-refractivity contribution in [2.75, 3.05) is 38.4 Å². The van der Waals surface area contributed by atoms with Gasteiger partial charge in [0, 0.05) is 23.9 Å². The van der Waals surface area contributed by atoms with E-state index in [1.165, 1.54) is 16.7 Å². The summed E-state index contributed by atoms with van der Waals surface area (Å²) in [5.74, 6) is 1.54. The van der Waals surface area contributed by atoms with Crippen molar-refractivity contribution < 1.29 is 19.1 Å². The minimum atomic E-state index is -0.139. The standard InChI is InChI=1S/C19H20N2O4S2/c1-21(2)19(23)27-17-6-4-3-5-14(17)20-18(22)12-26-13-7-8-15-16(11-13)25-10-9-24-15/h3-8,11H,9-10,12H2,1-2H3,(H,20,22). The van der Waals surface area contributed by atoms with Gasteiger partial charge in [-0.1, -0.05) is 12.1 Å². The number of nitrogens with one attached hydrogen (secondary N) is 1. The Morgan fingerprint density at radius 3 is 2.59 bits per heavy atom. The molecular formula is C19H20N2O4S2. The van der Waals surface area contributed by atoms with Crippen molar-refractivity contribution in [3.05, 3.63) is 42.5 Å². The third-order valence-corrected chi connectivity index (χ3v) is 5.72. The third-order valence-electron chi connectivity index (χ3n) is 3.61. The lowest BCUT2D eigenvalue weighted by atomic mass is 10.3. The number of amides is 2. The minimum absolute atomic E-state index is 0.0950. The van der Waals surface area contributed by atoms with Crippen LogP contribution in [0.4, 0.5) is 10.5 Å². The zero-order valence-electron chi connectivity index (χ0n) is 15.1. The summed E-state index contributed by atoms with van der Waals surface area (Å²) in [6.07, 6.45) is 0. The molecule has 2 aromatic rings. The van der Waals surface area contributed by atoms with Crippen molar-refractivity contribution in [2.45, 2.75) is 9.79 Å². The van der Waals surface area contributed by atoms with Gasteiger partial charge in [0.2, 0.25) is 5.91 Å². The number of hydrogen-bond donors (Lipinski definition) is 1. The van der Waals surface area contributed by atoms with Gasteiger partial charge in [-0.05, 0) is 42.1 Å². The first-order valence-electron chi connectivity index (χ1n) is 8.33.